The molecule has 13 heavy (non-hydrogen) atoms. The minimum Gasteiger partial charge on any atom is -0.373 e. The first-order valence-corrected chi connectivity index (χ1v) is 4.46. The van der Waals surface area contributed by atoms with Crippen LogP contribution in [0.2, 0.25) is 0 Å². The van der Waals surface area contributed by atoms with E-state index in [0.29, 0.717) is 6.10 Å². The van der Waals surface area contributed by atoms with Gasteiger partial charge < -0.3 is 9.14 Å². The van der Waals surface area contributed by atoms with E-state index in [1.54, 1.807) is 0 Å². The highest BCUT2D eigenvalue weighted by molar-refractivity contribution is 5.39. The van der Waals surface area contributed by atoms with E-state index in [4.69, 9.17) is 4.74 Å². The molecule has 1 aliphatic rings. The lowest BCUT2D eigenvalue weighted by atomic mass is 10.2. The van der Waals surface area contributed by atoms with E-state index in [2.05, 4.69) is 9.38 Å². The van der Waals surface area contributed by atoms with Gasteiger partial charge in [-0.15, -0.1) is 0 Å². The number of ether oxygens (including phenoxy) is 1. The molecule has 2 aromatic rings. The van der Waals surface area contributed by atoms with Crippen LogP contribution in [0.3, 0.4) is 0 Å². The van der Waals surface area contributed by atoms with Crippen molar-refractivity contribution in [3.8, 4) is 0 Å². The second-order valence-corrected chi connectivity index (χ2v) is 3.34. The zero-order chi connectivity index (χ0) is 8.67. The van der Waals surface area contributed by atoms with Gasteiger partial charge in [0, 0.05) is 24.5 Å². The van der Waals surface area contributed by atoms with Crippen molar-refractivity contribution in [2.45, 2.75) is 12.5 Å². The van der Waals surface area contributed by atoms with Gasteiger partial charge in [0.25, 0.3) is 0 Å². The molecule has 3 heteroatoms. The van der Waals surface area contributed by atoms with Crippen LogP contribution in [-0.2, 0) is 11.2 Å². The van der Waals surface area contributed by atoms with E-state index < -0.39 is 0 Å². The maximum Gasteiger partial charge on any atom is 0.136 e. The van der Waals surface area contributed by atoms with Gasteiger partial charge >= 0.3 is 0 Å². The van der Waals surface area contributed by atoms with Crippen molar-refractivity contribution in [2.75, 3.05) is 6.61 Å². The standard InChI is InChI=1S/C10H10N2O/c1-2-4-12-8(5-9-7-13-9)6-11-10(12)3-1/h1-4,6,9H,5,7H2. The van der Waals surface area contributed by atoms with E-state index in [9.17, 15) is 0 Å². The third kappa shape index (κ3) is 1.21. The molecule has 2 aromatic heterocycles. The molecular formula is C10H10N2O. The van der Waals surface area contributed by atoms with E-state index in [-0.39, 0.29) is 0 Å². The molecule has 0 aliphatic carbocycles. The highest BCUT2D eigenvalue weighted by Crippen LogP contribution is 2.16. The van der Waals surface area contributed by atoms with Gasteiger partial charge in [-0.2, -0.15) is 0 Å². The van der Waals surface area contributed by atoms with Crippen LogP contribution in [0.25, 0.3) is 5.65 Å². The van der Waals surface area contributed by atoms with E-state index in [1.807, 2.05) is 30.6 Å². The van der Waals surface area contributed by atoms with Crippen molar-refractivity contribution in [2.24, 2.45) is 0 Å². The SMILES string of the molecule is c1ccn2c(CC3CO3)cnc2c1. The summed E-state index contributed by atoms with van der Waals surface area (Å²) in [5.41, 5.74) is 2.25. The molecule has 1 aliphatic heterocycles. The monoisotopic (exact) mass is 174 g/mol. The largest absolute Gasteiger partial charge is 0.373 e. The average molecular weight is 174 g/mol. The van der Waals surface area contributed by atoms with Gasteiger partial charge in [-0.3, -0.25) is 0 Å². The summed E-state index contributed by atoms with van der Waals surface area (Å²) in [4.78, 5) is 4.31. The summed E-state index contributed by atoms with van der Waals surface area (Å²) in [6, 6.07) is 6.03. The van der Waals surface area contributed by atoms with Crippen molar-refractivity contribution in [3.05, 3.63) is 36.3 Å². The van der Waals surface area contributed by atoms with Gasteiger partial charge in [-0.25, -0.2) is 4.98 Å². The summed E-state index contributed by atoms with van der Waals surface area (Å²) in [5, 5.41) is 0. The van der Waals surface area contributed by atoms with Crippen LogP contribution in [-0.4, -0.2) is 22.1 Å². The zero-order valence-electron chi connectivity index (χ0n) is 7.18. The summed E-state index contributed by atoms with van der Waals surface area (Å²) >= 11 is 0. The number of fused-ring (bicyclic) bond motifs is 1. The lowest BCUT2D eigenvalue weighted by Gasteiger charge is -1.97. The third-order valence-corrected chi connectivity index (χ3v) is 2.33. The molecule has 3 heterocycles. The van der Waals surface area contributed by atoms with Crippen molar-refractivity contribution >= 4 is 5.65 Å². The topological polar surface area (TPSA) is 29.8 Å². The average Bonchev–Trinajstić information content (AvgIpc) is 2.88. The lowest BCUT2D eigenvalue weighted by Crippen LogP contribution is -1.97. The summed E-state index contributed by atoms with van der Waals surface area (Å²) in [6.07, 6.45) is 5.38. The predicted octanol–water partition coefficient (Wildman–Crippen LogP) is 1.28. The molecule has 3 rings (SSSR count). The number of pyridine rings is 1. The molecular weight excluding hydrogens is 164 g/mol. The van der Waals surface area contributed by atoms with E-state index in [0.717, 1.165) is 18.7 Å². The van der Waals surface area contributed by atoms with Crippen LogP contribution >= 0.6 is 0 Å². The fraction of sp³-hybridized carbons (Fsp3) is 0.300. The van der Waals surface area contributed by atoms with Crippen molar-refractivity contribution < 1.29 is 4.74 Å². The van der Waals surface area contributed by atoms with E-state index in [1.165, 1.54) is 5.69 Å². The number of nitrogens with zero attached hydrogens (tertiary/aromatic N) is 2. The Bertz CT molecular complexity index is 431. The number of imidazole rings is 1. The Morgan fingerprint density at radius 3 is 3.31 bits per heavy atom. The summed E-state index contributed by atoms with van der Waals surface area (Å²) in [7, 11) is 0. The van der Waals surface area contributed by atoms with Crippen molar-refractivity contribution in [1.82, 2.24) is 9.38 Å². The zero-order valence-corrected chi connectivity index (χ0v) is 7.18. The van der Waals surface area contributed by atoms with Gasteiger partial charge in [-0.05, 0) is 12.1 Å². The Morgan fingerprint density at radius 1 is 1.54 bits per heavy atom. The normalized spacial score (nSPS) is 20.8. The second kappa shape index (κ2) is 2.57. The number of hydrogen-bond donors (Lipinski definition) is 0. The maximum atomic E-state index is 5.19. The quantitative estimate of drug-likeness (QED) is 0.642. The van der Waals surface area contributed by atoms with Crippen LogP contribution in [0.5, 0.6) is 0 Å². The number of rotatable bonds is 2. The summed E-state index contributed by atoms with van der Waals surface area (Å²) in [6.45, 7) is 0.903. The van der Waals surface area contributed by atoms with Gasteiger partial charge in [-0.1, -0.05) is 6.07 Å². The molecule has 1 unspecified atom stereocenters. The Labute approximate surface area is 76.0 Å². The Morgan fingerprint density at radius 2 is 2.46 bits per heavy atom. The summed E-state index contributed by atoms with van der Waals surface area (Å²) in [5.74, 6) is 0. The van der Waals surface area contributed by atoms with Gasteiger partial charge in [0.1, 0.15) is 5.65 Å². The highest BCUT2D eigenvalue weighted by Gasteiger charge is 2.23. The molecule has 3 nitrogen and oxygen atoms in total. The van der Waals surface area contributed by atoms with E-state index >= 15 is 0 Å². The van der Waals surface area contributed by atoms with Crippen LogP contribution in [0.4, 0.5) is 0 Å². The summed E-state index contributed by atoms with van der Waals surface area (Å²) < 4.78 is 7.30. The van der Waals surface area contributed by atoms with Gasteiger partial charge in [0.15, 0.2) is 0 Å². The Balaban J connectivity index is 2.06. The molecule has 0 saturated carbocycles. The fourth-order valence-corrected chi connectivity index (χ4v) is 1.56. The fourth-order valence-electron chi connectivity index (χ4n) is 1.56. The van der Waals surface area contributed by atoms with Crippen LogP contribution in [0.15, 0.2) is 30.6 Å². The third-order valence-electron chi connectivity index (χ3n) is 2.33. The first kappa shape index (κ1) is 7.09. The van der Waals surface area contributed by atoms with Crippen molar-refractivity contribution in [1.29, 1.82) is 0 Å². The molecule has 0 amide bonds. The Kier molecular flexibility index (Phi) is 1.40. The molecule has 0 spiro atoms. The molecule has 0 N–H and O–H groups in total. The first-order valence-electron chi connectivity index (χ1n) is 4.46. The number of hydrogen-bond acceptors (Lipinski definition) is 2. The molecule has 1 fully saturated rings. The number of aromatic nitrogens is 2. The molecule has 0 bridgehead atoms. The smallest absolute Gasteiger partial charge is 0.136 e. The minimum absolute atomic E-state index is 0.431. The minimum atomic E-state index is 0.431. The lowest BCUT2D eigenvalue weighted by molar-refractivity contribution is 0.406. The molecule has 0 aromatic carbocycles. The van der Waals surface area contributed by atoms with Gasteiger partial charge in [0.05, 0.1) is 12.7 Å². The highest BCUT2D eigenvalue weighted by atomic mass is 16.6. The molecule has 1 atom stereocenters. The molecule has 66 valence electrons. The molecule has 0 radical (unpaired) electrons. The predicted molar refractivity (Wildman–Crippen MR) is 48.6 cm³/mol. The maximum absolute atomic E-state index is 5.19. The van der Waals surface area contributed by atoms with Crippen LogP contribution < -0.4 is 0 Å². The van der Waals surface area contributed by atoms with Crippen LogP contribution in [0, 0.1) is 0 Å². The molecule has 1 saturated heterocycles. The first-order chi connectivity index (χ1) is 6.43. The Hall–Kier alpha value is -1.35. The van der Waals surface area contributed by atoms with Gasteiger partial charge in [0.2, 0.25) is 0 Å². The van der Waals surface area contributed by atoms with Crippen LogP contribution in [0.1, 0.15) is 5.69 Å². The second-order valence-electron chi connectivity index (χ2n) is 3.34. The van der Waals surface area contributed by atoms with Crippen molar-refractivity contribution in [3.63, 3.8) is 0 Å². The number of epoxide rings is 1.